The highest BCUT2D eigenvalue weighted by Crippen LogP contribution is 2.18. The predicted molar refractivity (Wildman–Crippen MR) is 77.4 cm³/mol. The van der Waals surface area contributed by atoms with Crippen LogP contribution in [0.3, 0.4) is 0 Å². The normalized spacial score (nSPS) is 10.2. The summed E-state index contributed by atoms with van der Waals surface area (Å²) in [5, 5.41) is 0.664. The number of halogens is 1. The average Bonchev–Trinajstić information content (AvgIpc) is 2.42. The molecule has 0 saturated carbocycles. The van der Waals surface area contributed by atoms with E-state index >= 15 is 0 Å². The summed E-state index contributed by atoms with van der Waals surface area (Å²) in [6.45, 7) is 2.17. The van der Waals surface area contributed by atoms with E-state index in [1.165, 1.54) is 0 Å². The number of rotatable bonds is 4. The Kier molecular flexibility index (Phi) is 4.53. The lowest BCUT2D eigenvalue weighted by Gasteiger charge is -2.21. The molecule has 1 aromatic heterocycles. The fourth-order valence-corrected chi connectivity index (χ4v) is 1.99. The summed E-state index contributed by atoms with van der Waals surface area (Å²) >= 11 is 5.86. The van der Waals surface area contributed by atoms with Gasteiger partial charge < -0.3 is 4.90 Å². The molecule has 1 heterocycles. The second-order valence-electron chi connectivity index (χ2n) is 4.22. The first-order valence-corrected chi connectivity index (χ1v) is 6.48. The van der Waals surface area contributed by atoms with Gasteiger partial charge in [-0.3, -0.25) is 9.78 Å². The Bertz CT molecular complexity index is 540. The van der Waals surface area contributed by atoms with E-state index in [0.717, 1.165) is 17.8 Å². The van der Waals surface area contributed by atoms with Crippen molar-refractivity contribution in [3.63, 3.8) is 0 Å². The fourth-order valence-electron chi connectivity index (χ4n) is 1.86. The first-order valence-electron chi connectivity index (χ1n) is 6.10. The third kappa shape index (κ3) is 3.80. The van der Waals surface area contributed by atoms with Crippen molar-refractivity contribution in [1.82, 2.24) is 4.98 Å². The molecule has 1 amide bonds. The van der Waals surface area contributed by atoms with Crippen molar-refractivity contribution >= 4 is 23.2 Å². The number of hydrogen-bond acceptors (Lipinski definition) is 2. The molecular weight excluding hydrogens is 260 g/mol. The Hall–Kier alpha value is -1.87. The van der Waals surface area contributed by atoms with Crippen molar-refractivity contribution in [3.8, 4) is 0 Å². The lowest BCUT2D eigenvalue weighted by molar-refractivity contribution is -0.116. The van der Waals surface area contributed by atoms with E-state index in [9.17, 15) is 4.79 Å². The zero-order valence-electron chi connectivity index (χ0n) is 10.7. The molecule has 4 heteroatoms. The number of benzene rings is 1. The molecule has 19 heavy (non-hydrogen) atoms. The molecule has 0 bridgehead atoms. The number of hydrogen-bond donors (Lipinski definition) is 0. The molecule has 2 rings (SSSR count). The van der Waals surface area contributed by atoms with Gasteiger partial charge in [-0.15, -0.1) is 0 Å². The van der Waals surface area contributed by atoms with Gasteiger partial charge in [-0.25, -0.2) is 0 Å². The first kappa shape index (κ1) is 13.6. The third-order valence-corrected chi connectivity index (χ3v) is 3.09. The van der Waals surface area contributed by atoms with Crippen molar-refractivity contribution in [2.24, 2.45) is 0 Å². The monoisotopic (exact) mass is 274 g/mol. The predicted octanol–water partition coefficient (Wildman–Crippen LogP) is 3.33. The molecule has 0 unspecified atom stereocenters. The summed E-state index contributed by atoms with van der Waals surface area (Å²) in [7, 11) is 0. The minimum Gasteiger partial charge on any atom is -0.312 e. The van der Waals surface area contributed by atoms with E-state index in [1.54, 1.807) is 30.2 Å². The van der Waals surface area contributed by atoms with Crippen LogP contribution in [-0.2, 0) is 11.2 Å². The Morgan fingerprint density at radius 1 is 1.21 bits per heavy atom. The zero-order chi connectivity index (χ0) is 13.7. The van der Waals surface area contributed by atoms with Crippen LogP contribution in [0.2, 0.25) is 5.02 Å². The van der Waals surface area contributed by atoms with E-state index < -0.39 is 0 Å². The molecule has 98 valence electrons. The highest BCUT2D eigenvalue weighted by Gasteiger charge is 2.11. The molecule has 1 aromatic carbocycles. The van der Waals surface area contributed by atoms with Gasteiger partial charge in [0.2, 0.25) is 5.91 Å². The van der Waals surface area contributed by atoms with Gasteiger partial charge in [0.05, 0.1) is 0 Å². The van der Waals surface area contributed by atoms with E-state index in [0.29, 0.717) is 11.6 Å². The van der Waals surface area contributed by atoms with Crippen molar-refractivity contribution < 1.29 is 4.79 Å². The van der Waals surface area contributed by atoms with Gasteiger partial charge in [-0.05, 0) is 36.4 Å². The van der Waals surface area contributed by atoms with Crippen molar-refractivity contribution in [1.29, 1.82) is 0 Å². The van der Waals surface area contributed by atoms with Crippen molar-refractivity contribution in [3.05, 3.63) is 59.4 Å². The van der Waals surface area contributed by atoms with E-state index in [-0.39, 0.29) is 5.91 Å². The molecule has 0 aliphatic rings. The fraction of sp³-hybridized carbons (Fsp3) is 0.200. The molecule has 0 fully saturated rings. The molecule has 0 atom stereocenters. The third-order valence-electron chi connectivity index (χ3n) is 2.84. The van der Waals surface area contributed by atoms with Gasteiger partial charge in [-0.1, -0.05) is 17.7 Å². The van der Waals surface area contributed by atoms with Crippen LogP contribution in [-0.4, -0.2) is 17.4 Å². The molecule has 0 aliphatic carbocycles. The quantitative estimate of drug-likeness (QED) is 0.857. The second-order valence-corrected chi connectivity index (χ2v) is 4.65. The van der Waals surface area contributed by atoms with Crippen LogP contribution in [0.25, 0.3) is 0 Å². The summed E-state index contributed by atoms with van der Waals surface area (Å²) in [5.74, 6) is 0.0123. The molecule has 2 aromatic rings. The van der Waals surface area contributed by atoms with Gasteiger partial charge in [0.15, 0.2) is 0 Å². The highest BCUT2D eigenvalue weighted by atomic mass is 35.5. The average molecular weight is 275 g/mol. The summed E-state index contributed by atoms with van der Waals surface area (Å²) < 4.78 is 0. The topological polar surface area (TPSA) is 33.2 Å². The number of pyridine rings is 1. The Morgan fingerprint density at radius 3 is 2.53 bits per heavy atom. The van der Waals surface area contributed by atoms with Crippen LogP contribution < -0.4 is 4.90 Å². The molecule has 0 aliphatic heterocycles. The highest BCUT2D eigenvalue weighted by molar-refractivity contribution is 6.30. The number of carbonyl (C=O) groups excluding carboxylic acids is 1. The van der Waals surface area contributed by atoms with Crippen LogP contribution in [0.5, 0.6) is 0 Å². The zero-order valence-corrected chi connectivity index (χ0v) is 11.5. The van der Waals surface area contributed by atoms with Gasteiger partial charge in [0, 0.05) is 42.5 Å². The summed E-state index contributed by atoms with van der Waals surface area (Å²) in [5.41, 5.74) is 1.83. The number of anilines is 1. The van der Waals surface area contributed by atoms with Crippen LogP contribution >= 0.6 is 11.6 Å². The van der Waals surface area contributed by atoms with Crippen LogP contribution in [0.4, 0.5) is 5.69 Å². The van der Waals surface area contributed by atoms with Crippen LogP contribution in [0, 0.1) is 0 Å². The SMILES string of the molecule is CC(=O)N(CCc1ccccn1)c1ccc(Cl)cc1. The summed E-state index contributed by atoms with van der Waals surface area (Å²) in [6, 6.07) is 13.1. The van der Waals surface area contributed by atoms with Crippen molar-refractivity contribution in [2.75, 3.05) is 11.4 Å². The Balaban J connectivity index is 2.09. The van der Waals surface area contributed by atoms with E-state index in [4.69, 9.17) is 11.6 Å². The van der Waals surface area contributed by atoms with Gasteiger partial charge in [0.25, 0.3) is 0 Å². The molecule has 3 nitrogen and oxygen atoms in total. The molecule has 0 N–H and O–H groups in total. The molecular formula is C15H15ClN2O. The van der Waals surface area contributed by atoms with Gasteiger partial charge in [-0.2, -0.15) is 0 Å². The van der Waals surface area contributed by atoms with Gasteiger partial charge >= 0.3 is 0 Å². The maximum atomic E-state index is 11.7. The summed E-state index contributed by atoms with van der Waals surface area (Å²) in [6.07, 6.45) is 2.48. The van der Waals surface area contributed by atoms with E-state index in [2.05, 4.69) is 4.98 Å². The maximum absolute atomic E-state index is 11.7. The smallest absolute Gasteiger partial charge is 0.223 e. The number of aromatic nitrogens is 1. The van der Waals surface area contributed by atoms with Crippen LogP contribution in [0.1, 0.15) is 12.6 Å². The van der Waals surface area contributed by atoms with Crippen LogP contribution in [0.15, 0.2) is 48.7 Å². The molecule has 0 saturated heterocycles. The number of amides is 1. The lowest BCUT2D eigenvalue weighted by Crippen LogP contribution is -2.30. The lowest BCUT2D eigenvalue weighted by atomic mass is 10.2. The minimum absolute atomic E-state index is 0.0123. The minimum atomic E-state index is 0.0123. The van der Waals surface area contributed by atoms with Crippen molar-refractivity contribution in [2.45, 2.75) is 13.3 Å². The number of carbonyl (C=O) groups is 1. The summed E-state index contributed by atoms with van der Waals surface area (Å²) in [4.78, 5) is 17.7. The standard InChI is InChI=1S/C15H15ClN2O/c1-12(19)18(15-7-5-13(16)6-8-15)11-9-14-4-2-3-10-17-14/h2-8,10H,9,11H2,1H3. The number of nitrogens with zero attached hydrogens (tertiary/aromatic N) is 2. The first-order chi connectivity index (χ1) is 9.16. The maximum Gasteiger partial charge on any atom is 0.223 e. The second kappa shape index (κ2) is 6.34. The Morgan fingerprint density at radius 2 is 1.95 bits per heavy atom. The van der Waals surface area contributed by atoms with Gasteiger partial charge in [0.1, 0.15) is 0 Å². The van der Waals surface area contributed by atoms with E-state index in [1.807, 2.05) is 30.3 Å². The largest absolute Gasteiger partial charge is 0.312 e. The molecule has 0 spiro atoms. The Labute approximate surface area is 117 Å². The molecule has 0 radical (unpaired) electrons.